The van der Waals surface area contributed by atoms with E-state index in [9.17, 15) is 9.90 Å². The number of carboxylic acids is 1. The molecule has 96 valence electrons. The minimum Gasteiger partial charge on any atom is -0.481 e. The van der Waals surface area contributed by atoms with Gasteiger partial charge in [-0.15, -0.1) is 0 Å². The maximum absolute atomic E-state index is 11.2. The second-order valence-electron chi connectivity index (χ2n) is 6.08. The Kier molecular flexibility index (Phi) is 3.12. The van der Waals surface area contributed by atoms with Crippen molar-refractivity contribution in [2.75, 3.05) is 6.54 Å². The number of carbonyl (C=O) groups is 1. The third-order valence-electron chi connectivity index (χ3n) is 5.27. The van der Waals surface area contributed by atoms with E-state index in [-0.39, 0.29) is 5.92 Å². The molecular weight excluding hydrogens is 214 g/mol. The van der Waals surface area contributed by atoms with Crippen molar-refractivity contribution in [3.8, 4) is 0 Å². The van der Waals surface area contributed by atoms with Crippen molar-refractivity contribution in [2.45, 2.75) is 63.5 Å². The first kappa shape index (κ1) is 11.5. The number of rotatable bonds is 2. The summed E-state index contributed by atoms with van der Waals surface area (Å²) >= 11 is 0. The molecule has 3 nitrogen and oxygen atoms in total. The Balaban J connectivity index is 1.71. The Morgan fingerprint density at radius 3 is 2.41 bits per heavy atom. The van der Waals surface area contributed by atoms with Crippen LogP contribution in [0, 0.1) is 11.8 Å². The molecule has 2 unspecified atom stereocenters. The first-order valence-corrected chi connectivity index (χ1v) is 7.26. The lowest BCUT2D eigenvalue weighted by atomic mass is 9.72. The molecule has 1 N–H and O–H groups in total. The van der Waals surface area contributed by atoms with E-state index in [4.69, 9.17) is 0 Å². The molecule has 2 aliphatic carbocycles. The lowest BCUT2D eigenvalue weighted by molar-refractivity contribution is -0.151. The SMILES string of the molecule is O=C(O)C1CCC1N1CCC[C@H]2CCCC[C@H]21. The second kappa shape index (κ2) is 4.60. The fourth-order valence-corrected chi connectivity index (χ4v) is 4.24. The van der Waals surface area contributed by atoms with Gasteiger partial charge in [0.05, 0.1) is 5.92 Å². The molecule has 1 aliphatic heterocycles. The largest absolute Gasteiger partial charge is 0.481 e. The molecule has 1 saturated heterocycles. The number of piperidine rings is 1. The van der Waals surface area contributed by atoms with Gasteiger partial charge in [-0.3, -0.25) is 9.69 Å². The molecule has 3 aliphatic rings. The van der Waals surface area contributed by atoms with Gasteiger partial charge in [-0.25, -0.2) is 0 Å². The normalized spacial score (nSPS) is 42.6. The molecular formula is C14H23NO2. The van der Waals surface area contributed by atoms with Crippen LogP contribution in [0.5, 0.6) is 0 Å². The Labute approximate surface area is 103 Å². The van der Waals surface area contributed by atoms with Crippen LogP contribution in [0.1, 0.15) is 51.4 Å². The fraction of sp³-hybridized carbons (Fsp3) is 0.929. The summed E-state index contributed by atoms with van der Waals surface area (Å²) in [6, 6.07) is 1.07. The Morgan fingerprint density at radius 1 is 0.941 bits per heavy atom. The zero-order valence-electron chi connectivity index (χ0n) is 10.5. The van der Waals surface area contributed by atoms with Gasteiger partial charge >= 0.3 is 5.97 Å². The van der Waals surface area contributed by atoms with Crippen molar-refractivity contribution in [2.24, 2.45) is 11.8 Å². The monoisotopic (exact) mass is 237 g/mol. The van der Waals surface area contributed by atoms with Crippen molar-refractivity contribution in [3.05, 3.63) is 0 Å². The van der Waals surface area contributed by atoms with Crippen LogP contribution < -0.4 is 0 Å². The summed E-state index contributed by atoms with van der Waals surface area (Å²) in [7, 11) is 0. The second-order valence-corrected chi connectivity index (χ2v) is 6.08. The molecule has 1 heterocycles. The summed E-state index contributed by atoms with van der Waals surface area (Å²) in [5.41, 5.74) is 0. The molecule has 2 saturated carbocycles. The topological polar surface area (TPSA) is 40.5 Å². The van der Waals surface area contributed by atoms with E-state index in [2.05, 4.69) is 4.90 Å². The molecule has 0 spiro atoms. The van der Waals surface area contributed by atoms with Gasteiger partial charge in [0, 0.05) is 12.1 Å². The van der Waals surface area contributed by atoms with Crippen LogP contribution in [0.25, 0.3) is 0 Å². The van der Waals surface area contributed by atoms with Crippen LogP contribution in [0.2, 0.25) is 0 Å². The average molecular weight is 237 g/mol. The summed E-state index contributed by atoms with van der Waals surface area (Å²) in [5, 5.41) is 9.20. The van der Waals surface area contributed by atoms with Crippen LogP contribution in [-0.2, 0) is 4.79 Å². The minimum absolute atomic E-state index is 0.0734. The number of nitrogens with zero attached hydrogens (tertiary/aromatic N) is 1. The fourth-order valence-electron chi connectivity index (χ4n) is 4.24. The molecule has 0 aromatic carbocycles. The lowest BCUT2D eigenvalue weighted by Crippen LogP contribution is -2.58. The Hall–Kier alpha value is -0.570. The molecule has 0 amide bonds. The summed E-state index contributed by atoms with van der Waals surface area (Å²) in [6.45, 7) is 1.15. The average Bonchev–Trinajstić information content (AvgIpc) is 2.27. The molecule has 3 rings (SSSR count). The van der Waals surface area contributed by atoms with Crippen LogP contribution in [0.4, 0.5) is 0 Å². The first-order chi connectivity index (χ1) is 8.27. The van der Waals surface area contributed by atoms with Gasteiger partial charge in [0.1, 0.15) is 0 Å². The molecule has 17 heavy (non-hydrogen) atoms. The number of carboxylic acid groups (broad SMARTS) is 1. The number of aliphatic carboxylic acids is 1. The molecule has 3 fully saturated rings. The van der Waals surface area contributed by atoms with E-state index in [0.29, 0.717) is 12.1 Å². The molecule has 0 bridgehead atoms. The minimum atomic E-state index is -0.570. The van der Waals surface area contributed by atoms with Gasteiger partial charge in [0.15, 0.2) is 0 Å². The molecule has 0 aromatic rings. The predicted molar refractivity (Wildman–Crippen MR) is 65.8 cm³/mol. The van der Waals surface area contributed by atoms with E-state index in [1.54, 1.807) is 0 Å². The Morgan fingerprint density at radius 2 is 1.71 bits per heavy atom. The third-order valence-corrected chi connectivity index (χ3v) is 5.27. The maximum Gasteiger partial charge on any atom is 0.308 e. The van der Waals surface area contributed by atoms with Crippen molar-refractivity contribution in [1.82, 2.24) is 4.90 Å². The van der Waals surface area contributed by atoms with Crippen molar-refractivity contribution >= 4 is 5.97 Å². The van der Waals surface area contributed by atoms with E-state index in [0.717, 1.165) is 25.3 Å². The van der Waals surface area contributed by atoms with Crippen LogP contribution >= 0.6 is 0 Å². The summed E-state index contributed by atoms with van der Waals surface area (Å²) in [6.07, 6.45) is 10.1. The smallest absolute Gasteiger partial charge is 0.308 e. The zero-order chi connectivity index (χ0) is 11.8. The van der Waals surface area contributed by atoms with Crippen LogP contribution in [0.3, 0.4) is 0 Å². The van der Waals surface area contributed by atoms with Crippen LogP contribution in [-0.4, -0.2) is 34.6 Å². The van der Waals surface area contributed by atoms with Gasteiger partial charge in [-0.05, 0) is 51.0 Å². The number of fused-ring (bicyclic) bond motifs is 1. The Bertz CT molecular complexity index is 303. The van der Waals surface area contributed by atoms with Gasteiger partial charge in [-0.2, -0.15) is 0 Å². The highest BCUT2D eigenvalue weighted by Gasteiger charge is 2.45. The van der Waals surface area contributed by atoms with Gasteiger partial charge in [0.2, 0.25) is 0 Å². The van der Waals surface area contributed by atoms with Gasteiger partial charge in [-0.1, -0.05) is 12.8 Å². The van der Waals surface area contributed by atoms with Crippen molar-refractivity contribution in [3.63, 3.8) is 0 Å². The summed E-state index contributed by atoms with van der Waals surface area (Å²) in [5.74, 6) is 0.224. The number of hydrogen-bond donors (Lipinski definition) is 1. The summed E-state index contributed by atoms with van der Waals surface area (Å²) in [4.78, 5) is 13.7. The highest BCUT2D eigenvalue weighted by molar-refractivity contribution is 5.72. The van der Waals surface area contributed by atoms with Crippen LogP contribution in [0.15, 0.2) is 0 Å². The standard InChI is InChI=1S/C14H23NO2/c16-14(17)11-7-8-13(11)15-9-3-5-10-4-1-2-6-12(10)15/h10-13H,1-9H2,(H,16,17)/t10-,11?,12-,13?/m1/s1. The summed E-state index contributed by atoms with van der Waals surface area (Å²) < 4.78 is 0. The molecule has 3 heteroatoms. The van der Waals surface area contributed by atoms with E-state index in [1.807, 2.05) is 0 Å². The van der Waals surface area contributed by atoms with Gasteiger partial charge in [0.25, 0.3) is 0 Å². The zero-order valence-corrected chi connectivity index (χ0v) is 10.5. The highest BCUT2D eigenvalue weighted by atomic mass is 16.4. The number of likely N-dealkylation sites (tertiary alicyclic amines) is 1. The highest BCUT2D eigenvalue weighted by Crippen LogP contribution is 2.42. The predicted octanol–water partition coefficient (Wildman–Crippen LogP) is 2.50. The lowest BCUT2D eigenvalue weighted by Gasteiger charge is -2.52. The van der Waals surface area contributed by atoms with Gasteiger partial charge < -0.3 is 5.11 Å². The van der Waals surface area contributed by atoms with E-state index < -0.39 is 5.97 Å². The van der Waals surface area contributed by atoms with Crippen molar-refractivity contribution in [1.29, 1.82) is 0 Å². The van der Waals surface area contributed by atoms with E-state index >= 15 is 0 Å². The van der Waals surface area contributed by atoms with Crippen molar-refractivity contribution < 1.29 is 9.90 Å². The number of hydrogen-bond acceptors (Lipinski definition) is 2. The maximum atomic E-state index is 11.2. The quantitative estimate of drug-likeness (QED) is 0.802. The molecule has 4 atom stereocenters. The third kappa shape index (κ3) is 1.99. The van der Waals surface area contributed by atoms with E-state index in [1.165, 1.54) is 38.5 Å². The molecule has 0 aromatic heterocycles. The molecule has 0 radical (unpaired) electrons. The first-order valence-electron chi connectivity index (χ1n) is 7.26.